The number of hydrogen-bond acceptors (Lipinski definition) is 4. The molecule has 0 aliphatic rings. The number of rotatable bonds is 10. The van der Waals surface area contributed by atoms with Crippen LogP contribution >= 0.6 is 11.6 Å². The van der Waals surface area contributed by atoms with Crippen LogP contribution in [0, 0.1) is 0 Å². The molecule has 158 valence electrons. The summed E-state index contributed by atoms with van der Waals surface area (Å²) in [5.41, 5.74) is 1.35. The third-order valence-electron chi connectivity index (χ3n) is 4.60. The minimum Gasteiger partial charge on any atom is -0.351 e. The standard InChI is InChI=1S/C21H28ClN3O3S/c1-4-25(5-2)29(27,28)18-11-12-20(22)19(15-18)21(26)23-13-14-24(3)16-17-9-7-6-8-10-17/h6-12,15H,4-5,13-14,16H2,1-3H3,(H,23,26). The highest BCUT2D eigenvalue weighted by atomic mass is 35.5. The van der Waals surface area contributed by atoms with Gasteiger partial charge in [-0.25, -0.2) is 8.42 Å². The highest BCUT2D eigenvalue weighted by Gasteiger charge is 2.23. The Kier molecular flexibility index (Phi) is 8.64. The first-order chi connectivity index (χ1) is 13.8. The van der Waals surface area contributed by atoms with Crippen molar-refractivity contribution in [2.24, 2.45) is 0 Å². The van der Waals surface area contributed by atoms with Crippen molar-refractivity contribution in [2.75, 3.05) is 33.2 Å². The number of carbonyl (C=O) groups is 1. The molecule has 8 heteroatoms. The fraction of sp³-hybridized carbons (Fsp3) is 0.381. The Hall–Kier alpha value is -1.93. The molecule has 0 saturated carbocycles. The Bertz CT molecular complexity index is 916. The van der Waals surface area contributed by atoms with Crippen molar-refractivity contribution in [3.63, 3.8) is 0 Å². The lowest BCUT2D eigenvalue weighted by Crippen LogP contribution is -2.33. The molecule has 0 radical (unpaired) electrons. The second-order valence-corrected chi connectivity index (χ2v) is 9.06. The van der Waals surface area contributed by atoms with E-state index in [2.05, 4.69) is 22.3 Å². The van der Waals surface area contributed by atoms with Crippen molar-refractivity contribution in [1.29, 1.82) is 0 Å². The number of benzene rings is 2. The van der Waals surface area contributed by atoms with E-state index in [9.17, 15) is 13.2 Å². The van der Waals surface area contributed by atoms with Gasteiger partial charge in [-0.3, -0.25) is 4.79 Å². The van der Waals surface area contributed by atoms with Gasteiger partial charge in [0, 0.05) is 32.7 Å². The van der Waals surface area contributed by atoms with E-state index in [0.29, 0.717) is 26.2 Å². The SMILES string of the molecule is CCN(CC)S(=O)(=O)c1ccc(Cl)c(C(=O)NCCN(C)Cc2ccccc2)c1. The average molecular weight is 438 g/mol. The van der Waals surface area contributed by atoms with Gasteiger partial charge in [-0.15, -0.1) is 0 Å². The second kappa shape index (κ2) is 10.7. The normalized spacial score (nSPS) is 11.8. The van der Waals surface area contributed by atoms with E-state index in [1.165, 1.54) is 28.1 Å². The van der Waals surface area contributed by atoms with E-state index >= 15 is 0 Å². The first kappa shape index (κ1) is 23.3. The van der Waals surface area contributed by atoms with Gasteiger partial charge in [0.15, 0.2) is 0 Å². The fourth-order valence-corrected chi connectivity index (χ4v) is 4.67. The molecule has 29 heavy (non-hydrogen) atoms. The maximum atomic E-state index is 12.7. The molecule has 0 spiro atoms. The van der Waals surface area contributed by atoms with Crippen LogP contribution in [0.2, 0.25) is 5.02 Å². The van der Waals surface area contributed by atoms with Crippen LogP contribution in [0.5, 0.6) is 0 Å². The number of amides is 1. The molecule has 2 aromatic rings. The quantitative estimate of drug-likeness (QED) is 0.619. The summed E-state index contributed by atoms with van der Waals surface area (Å²) >= 11 is 6.16. The Morgan fingerprint density at radius 3 is 2.34 bits per heavy atom. The summed E-state index contributed by atoms with van der Waals surface area (Å²) in [6.45, 7) is 6.11. The number of nitrogens with zero attached hydrogens (tertiary/aromatic N) is 2. The molecule has 0 bridgehead atoms. The molecule has 2 rings (SSSR count). The van der Waals surface area contributed by atoms with Crippen molar-refractivity contribution in [1.82, 2.24) is 14.5 Å². The zero-order valence-electron chi connectivity index (χ0n) is 17.1. The van der Waals surface area contributed by atoms with E-state index in [1.807, 2.05) is 25.2 Å². The van der Waals surface area contributed by atoms with Gasteiger partial charge in [0.2, 0.25) is 10.0 Å². The Morgan fingerprint density at radius 1 is 1.07 bits per heavy atom. The van der Waals surface area contributed by atoms with Crippen LogP contribution in [0.4, 0.5) is 0 Å². The predicted octanol–water partition coefficient (Wildman–Crippen LogP) is 3.23. The Labute approximate surface area is 178 Å². The zero-order valence-corrected chi connectivity index (χ0v) is 18.6. The van der Waals surface area contributed by atoms with Gasteiger partial charge in [0.1, 0.15) is 0 Å². The number of sulfonamides is 1. The van der Waals surface area contributed by atoms with E-state index < -0.39 is 10.0 Å². The van der Waals surface area contributed by atoms with Crippen LogP contribution in [-0.4, -0.2) is 56.8 Å². The summed E-state index contributed by atoms with van der Waals surface area (Å²) in [4.78, 5) is 14.7. The Balaban J connectivity index is 2.01. The van der Waals surface area contributed by atoms with Crippen LogP contribution in [0.1, 0.15) is 29.8 Å². The molecule has 0 atom stereocenters. The summed E-state index contributed by atoms with van der Waals surface area (Å²) in [5, 5.41) is 3.04. The predicted molar refractivity (Wildman–Crippen MR) is 117 cm³/mol. The summed E-state index contributed by atoms with van der Waals surface area (Å²) in [6, 6.07) is 14.3. The van der Waals surface area contributed by atoms with E-state index in [0.717, 1.165) is 6.54 Å². The minimum absolute atomic E-state index is 0.0666. The van der Waals surface area contributed by atoms with Gasteiger partial charge < -0.3 is 10.2 Å². The maximum Gasteiger partial charge on any atom is 0.252 e. The monoisotopic (exact) mass is 437 g/mol. The maximum absolute atomic E-state index is 12.7. The van der Waals surface area contributed by atoms with Crippen molar-refractivity contribution in [3.05, 3.63) is 64.7 Å². The van der Waals surface area contributed by atoms with Gasteiger partial charge >= 0.3 is 0 Å². The summed E-state index contributed by atoms with van der Waals surface area (Å²) in [6.07, 6.45) is 0. The van der Waals surface area contributed by atoms with Gasteiger partial charge in [-0.1, -0.05) is 55.8 Å². The third kappa shape index (κ3) is 6.27. The second-order valence-electron chi connectivity index (χ2n) is 6.71. The molecule has 0 heterocycles. The van der Waals surface area contributed by atoms with Crippen LogP contribution in [0.15, 0.2) is 53.4 Å². The van der Waals surface area contributed by atoms with Crippen LogP contribution in [-0.2, 0) is 16.6 Å². The van der Waals surface area contributed by atoms with Crippen LogP contribution < -0.4 is 5.32 Å². The molecule has 1 N–H and O–H groups in total. The first-order valence-corrected chi connectivity index (χ1v) is 11.4. The van der Waals surface area contributed by atoms with Gasteiger partial charge in [0.05, 0.1) is 15.5 Å². The molecule has 0 fully saturated rings. The van der Waals surface area contributed by atoms with Gasteiger partial charge in [0.25, 0.3) is 5.91 Å². The molecule has 6 nitrogen and oxygen atoms in total. The number of hydrogen-bond donors (Lipinski definition) is 1. The lowest BCUT2D eigenvalue weighted by molar-refractivity contribution is 0.0949. The fourth-order valence-electron chi connectivity index (χ4n) is 2.98. The Morgan fingerprint density at radius 2 is 1.72 bits per heavy atom. The van der Waals surface area contributed by atoms with Gasteiger partial charge in [-0.05, 0) is 30.8 Å². The lowest BCUT2D eigenvalue weighted by Gasteiger charge is -2.19. The van der Waals surface area contributed by atoms with E-state index in [4.69, 9.17) is 11.6 Å². The average Bonchev–Trinajstić information content (AvgIpc) is 2.69. The highest BCUT2D eigenvalue weighted by Crippen LogP contribution is 2.23. The molecule has 0 aromatic heterocycles. The third-order valence-corrected chi connectivity index (χ3v) is 6.98. The number of carbonyl (C=O) groups excluding carboxylic acids is 1. The van der Waals surface area contributed by atoms with Crippen molar-refractivity contribution < 1.29 is 13.2 Å². The lowest BCUT2D eigenvalue weighted by atomic mass is 10.2. The number of halogens is 1. The summed E-state index contributed by atoms with van der Waals surface area (Å²) in [7, 11) is -1.68. The molecule has 0 aliphatic carbocycles. The molecule has 0 saturated heterocycles. The smallest absolute Gasteiger partial charge is 0.252 e. The zero-order chi connectivity index (χ0) is 21.4. The number of likely N-dealkylation sites (N-methyl/N-ethyl adjacent to an activating group) is 1. The van der Waals surface area contributed by atoms with Crippen LogP contribution in [0.25, 0.3) is 0 Å². The topological polar surface area (TPSA) is 69.7 Å². The molecule has 2 aromatic carbocycles. The molecule has 0 unspecified atom stereocenters. The molecular formula is C21H28ClN3O3S. The first-order valence-electron chi connectivity index (χ1n) is 9.60. The summed E-state index contributed by atoms with van der Waals surface area (Å²) in [5.74, 6) is -0.389. The molecule has 0 aliphatic heterocycles. The van der Waals surface area contributed by atoms with Crippen molar-refractivity contribution >= 4 is 27.5 Å². The van der Waals surface area contributed by atoms with Crippen LogP contribution in [0.3, 0.4) is 0 Å². The molecular weight excluding hydrogens is 410 g/mol. The van der Waals surface area contributed by atoms with E-state index in [1.54, 1.807) is 13.8 Å². The van der Waals surface area contributed by atoms with E-state index in [-0.39, 0.29) is 21.4 Å². The summed E-state index contributed by atoms with van der Waals surface area (Å²) < 4.78 is 26.7. The van der Waals surface area contributed by atoms with Gasteiger partial charge in [-0.2, -0.15) is 4.31 Å². The number of nitrogens with one attached hydrogen (secondary N) is 1. The van der Waals surface area contributed by atoms with Crippen molar-refractivity contribution in [2.45, 2.75) is 25.3 Å². The minimum atomic E-state index is -3.66. The highest BCUT2D eigenvalue weighted by molar-refractivity contribution is 7.89. The largest absolute Gasteiger partial charge is 0.351 e. The molecule has 1 amide bonds. The van der Waals surface area contributed by atoms with Crippen molar-refractivity contribution in [3.8, 4) is 0 Å².